The molecule has 1 aromatic heterocycles. The van der Waals surface area contributed by atoms with E-state index in [-0.39, 0.29) is 5.91 Å². The molecule has 0 atom stereocenters. The number of nitrogens with zero attached hydrogens (tertiary/aromatic N) is 3. The van der Waals surface area contributed by atoms with Crippen LogP contribution < -0.4 is 10.1 Å². The number of carbonyl (C=O) groups excluding carboxylic acids is 1. The molecule has 0 aliphatic rings. The Labute approximate surface area is 169 Å². The van der Waals surface area contributed by atoms with Gasteiger partial charge >= 0.3 is 0 Å². The van der Waals surface area contributed by atoms with Gasteiger partial charge < -0.3 is 10.1 Å². The number of ether oxygens (including phenoxy) is 1. The van der Waals surface area contributed by atoms with Gasteiger partial charge in [0.25, 0.3) is 5.91 Å². The Balaban J connectivity index is 1.48. The van der Waals surface area contributed by atoms with E-state index < -0.39 is 0 Å². The van der Waals surface area contributed by atoms with Crippen molar-refractivity contribution in [1.82, 2.24) is 20.3 Å². The summed E-state index contributed by atoms with van der Waals surface area (Å²) in [6, 6.07) is 23.3. The van der Waals surface area contributed by atoms with Crippen LogP contribution in [0.25, 0.3) is 11.0 Å². The zero-order chi connectivity index (χ0) is 20.1. The van der Waals surface area contributed by atoms with Gasteiger partial charge in [0.05, 0.1) is 18.7 Å². The van der Waals surface area contributed by atoms with Gasteiger partial charge in [-0.2, -0.15) is 0 Å². The number of para-hydroxylation sites is 1. The minimum atomic E-state index is -0.157. The molecule has 3 aromatic carbocycles. The van der Waals surface area contributed by atoms with E-state index in [0.29, 0.717) is 30.8 Å². The van der Waals surface area contributed by atoms with E-state index in [2.05, 4.69) is 27.8 Å². The minimum Gasteiger partial charge on any atom is -0.494 e. The largest absolute Gasteiger partial charge is 0.494 e. The summed E-state index contributed by atoms with van der Waals surface area (Å²) in [5, 5.41) is 11.4. The predicted octanol–water partition coefficient (Wildman–Crippen LogP) is 3.81. The van der Waals surface area contributed by atoms with Crippen molar-refractivity contribution >= 4 is 16.9 Å². The van der Waals surface area contributed by atoms with Gasteiger partial charge in [-0.25, -0.2) is 4.68 Å². The van der Waals surface area contributed by atoms with Gasteiger partial charge in [-0.15, -0.1) is 5.10 Å². The number of amides is 1. The summed E-state index contributed by atoms with van der Waals surface area (Å²) in [5.74, 6) is 0.630. The van der Waals surface area contributed by atoms with Crippen LogP contribution in [0.5, 0.6) is 5.75 Å². The van der Waals surface area contributed by atoms with E-state index in [1.54, 1.807) is 12.1 Å². The first-order valence-corrected chi connectivity index (χ1v) is 9.60. The number of hydrogen-bond donors (Lipinski definition) is 1. The van der Waals surface area contributed by atoms with Crippen LogP contribution in [0.2, 0.25) is 0 Å². The fraction of sp³-hybridized carbons (Fsp3) is 0.174. The van der Waals surface area contributed by atoms with Crippen LogP contribution >= 0.6 is 0 Å². The second-order valence-electron chi connectivity index (χ2n) is 6.66. The number of rotatable bonds is 7. The van der Waals surface area contributed by atoms with Crippen molar-refractivity contribution in [2.75, 3.05) is 6.61 Å². The summed E-state index contributed by atoms with van der Waals surface area (Å²) < 4.78 is 7.45. The van der Waals surface area contributed by atoms with Crippen LogP contribution in [0, 0.1) is 0 Å². The SMILES string of the molecule is CCOc1ccccc1CNC(=O)c1ccc2c(c1)nnn2Cc1ccccc1. The standard InChI is InChI=1S/C23H22N4O2/c1-2-29-22-11-7-6-10-19(22)15-24-23(28)18-12-13-21-20(14-18)25-26-27(21)16-17-8-4-3-5-9-17/h3-14H,2,15-16H2,1H3,(H,24,28). The second kappa shape index (κ2) is 8.56. The molecule has 6 heteroatoms. The molecule has 29 heavy (non-hydrogen) atoms. The topological polar surface area (TPSA) is 69.0 Å². The van der Waals surface area contributed by atoms with Crippen LogP contribution in [0.1, 0.15) is 28.4 Å². The quantitative estimate of drug-likeness (QED) is 0.524. The Morgan fingerprint density at radius 2 is 1.83 bits per heavy atom. The van der Waals surface area contributed by atoms with Gasteiger partial charge in [-0.1, -0.05) is 53.7 Å². The van der Waals surface area contributed by atoms with Crippen molar-refractivity contribution in [3.05, 3.63) is 89.5 Å². The van der Waals surface area contributed by atoms with Crippen molar-refractivity contribution in [1.29, 1.82) is 0 Å². The van der Waals surface area contributed by atoms with Gasteiger partial charge in [0.1, 0.15) is 11.3 Å². The van der Waals surface area contributed by atoms with E-state index in [4.69, 9.17) is 4.74 Å². The van der Waals surface area contributed by atoms with Crippen LogP contribution in [-0.4, -0.2) is 27.5 Å². The van der Waals surface area contributed by atoms with Gasteiger partial charge in [0.2, 0.25) is 0 Å². The first kappa shape index (κ1) is 18.7. The maximum atomic E-state index is 12.6. The Morgan fingerprint density at radius 1 is 1.03 bits per heavy atom. The Kier molecular flexibility index (Phi) is 5.52. The molecule has 1 heterocycles. The van der Waals surface area contributed by atoms with Gasteiger partial charge in [-0.3, -0.25) is 4.79 Å². The lowest BCUT2D eigenvalue weighted by atomic mass is 10.1. The molecule has 4 aromatic rings. The third kappa shape index (κ3) is 4.27. The highest BCUT2D eigenvalue weighted by atomic mass is 16.5. The molecule has 4 rings (SSSR count). The van der Waals surface area contributed by atoms with E-state index in [0.717, 1.165) is 22.4 Å². The van der Waals surface area contributed by atoms with Crippen LogP contribution in [0.4, 0.5) is 0 Å². The first-order valence-electron chi connectivity index (χ1n) is 9.60. The molecule has 0 aliphatic carbocycles. The molecule has 146 valence electrons. The monoisotopic (exact) mass is 386 g/mol. The van der Waals surface area contributed by atoms with E-state index >= 15 is 0 Å². The van der Waals surface area contributed by atoms with Crippen LogP contribution in [0.3, 0.4) is 0 Å². The highest BCUT2D eigenvalue weighted by Gasteiger charge is 2.11. The molecule has 1 amide bonds. The normalized spacial score (nSPS) is 10.8. The van der Waals surface area contributed by atoms with Gasteiger partial charge in [0, 0.05) is 17.7 Å². The number of nitrogens with one attached hydrogen (secondary N) is 1. The van der Waals surface area contributed by atoms with Crippen molar-refractivity contribution in [2.24, 2.45) is 0 Å². The zero-order valence-corrected chi connectivity index (χ0v) is 16.2. The number of benzene rings is 3. The number of fused-ring (bicyclic) bond motifs is 1. The molecule has 0 aliphatic heterocycles. The van der Waals surface area contributed by atoms with Crippen LogP contribution in [-0.2, 0) is 13.1 Å². The maximum Gasteiger partial charge on any atom is 0.251 e. The summed E-state index contributed by atoms with van der Waals surface area (Å²) in [6.45, 7) is 3.56. The lowest BCUT2D eigenvalue weighted by Gasteiger charge is -2.11. The average molecular weight is 386 g/mol. The Bertz CT molecular complexity index is 1120. The van der Waals surface area contributed by atoms with E-state index in [9.17, 15) is 4.79 Å². The molecule has 6 nitrogen and oxygen atoms in total. The van der Waals surface area contributed by atoms with Gasteiger partial charge in [-0.05, 0) is 36.8 Å². The van der Waals surface area contributed by atoms with E-state index in [1.165, 1.54) is 0 Å². The van der Waals surface area contributed by atoms with Crippen molar-refractivity contribution < 1.29 is 9.53 Å². The molecule has 1 N–H and O–H groups in total. The fourth-order valence-electron chi connectivity index (χ4n) is 3.21. The molecular weight excluding hydrogens is 364 g/mol. The zero-order valence-electron chi connectivity index (χ0n) is 16.2. The van der Waals surface area contributed by atoms with Crippen molar-refractivity contribution in [2.45, 2.75) is 20.0 Å². The summed E-state index contributed by atoms with van der Waals surface area (Å²) in [5.41, 5.74) is 4.24. The minimum absolute atomic E-state index is 0.157. The average Bonchev–Trinajstić information content (AvgIpc) is 3.16. The fourth-order valence-corrected chi connectivity index (χ4v) is 3.21. The number of aromatic nitrogens is 3. The van der Waals surface area contributed by atoms with Crippen molar-refractivity contribution in [3.63, 3.8) is 0 Å². The lowest BCUT2D eigenvalue weighted by molar-refractivity contribution is 0.0950. The van der Waals surface area contributed by atoms with Crippen LogP contribution in [0.15, 0.2) is 72.8 Å². The third-order valence-electron chi connectivity index (χ3n) is 4.66. The number of carbonyl (C=O) groups is 1. The molecule has 0 radical (unpaired) electrons. The molecule has 0 saturated carbocycles. The third-order valence-corrected chi connectivity index (χ3v) is 4.66. The molecule has 0 fully saturated rings. The predicted molar refractivity (Wildman–Crippen MR) is 112 cm³/mol. The summed E-state index contributed by atoms with van der Waals surface area (Å²) in [4.78, 5) is 12.6. The second-order valence-corrected chi connectivity index (χ2v) is 6.66. The Morgan fingerprint density at radius 3 is 2.66 bits per heavy atom. The van der Waals surface area contributed by atoms with Crippen molar-refractivity contribution in [3.8, 4) is 5.75 Å². The summed E-state index contributed by atoms with van der Waals surface area (Å²) >= 11 is 0. The summed E-state index contributed by atoms with van der Waals surface area (Å²) in [6.07, 6.45) is 0. The molecule has 0 saturated heterocycles. The molecular formula is C23H22N4O2. The smallest absolute Gasteiger partial charge is 0.251 e. The molecule has 0 unspecified atom stereocenters. The molecule has 0 spiro atoms. The van der Waals surface area contributed by atoms with Gasteiger partial charge in [0.15, 0.2) is 0 Å². The number of hydrogen-bond acceptors (Lipinski definition) is 4. The summed E-state index contributed by atoms with van der Waals surface area (Å²) in [7, 11) is 0. The Hall–Kier alpha value is -3.67. The highest BCUT2D eigenvalue weighted by Crippen LogP contribution is 2.18. The van der Waals surface area contributed by atoms with E-state index in [1.807, 2.05) is 60.1 Å². The first-order chi connectivity index (χ1) is 14.2. The lowest BCUT2D eigenvalue weighted by Crippen LogP contribution is -2.23. The highest BCUT2D eigenvalue weighted by molar-refractivity contribution is 5.97. The molecule has 0 bridgehead atoms. The maximum absolute atomic E-state index is 12.6.